The molecular formula is C29H31N5O4S2. The molecule has 1 saturated heterocycles. The van der Waals surface area contributed by atoms with Crippen molar-refractivity contribution in [2.45, 2.75) is 32.2 Å². The monoisotopic (exact) mass is 577 g/mol. The Morgan fingerprint density at radius 3 is 2.42 bits per heavy atom. The van der Waals surface area contributed by atoms with Crippen molar-refractivity contribution in [2.24, 2.45) is 10.2 Å². The number of nitrogens with one attached hydrogen (secondary N) is 1. The number of hydrogen-bond donors (Lipinski definition) is 2. The number of aryl methyl sites for hydroxylation is 3. The van der Waals surface area contributed by atoms with Crippen molar-refractivity contribution >= 4 is 49.6 Å². The fourth-order valence-corrected chi connectivity index (χ4v) is 6.19. The van der Waals surface area contributed by atoms with Crippen LogP contribution in [0.15, 0.2) is 75.8 Å². The van der Waals surface area contributed by atoms with E-state index in [2.05, 4.69) is 15.5 Å². The van der Waals surface area contributed by atoms with Gasteiger partial charge in [0.2, 0.25) is 21.0 Å². The molecule has 208 valence electrons. The van der Waals surface area contributed by atoms with Gasteiger partial charge >= 0.3 is 0 Å². The van der Waals surface area contributed by atoms with Gasteiger partial charge in [-0.2, -0.15) is 4.31 Å². The minimum Gasteiger partial charge on any atom is -0.493 e. The first-order valence-electron chi connectivity index (χ1n) is 12.9. The summed E-state index contributed by atoms with van der Waals surface area (Å²) in [6.07, 6.45) is 0. The summed E-state index contributed by atoms with van der Waals surface area (Å²) in [5, 5.41) is 23.4. The quantitative estimate of drug-likeness (QED) is 0.221. The van der Waals surface area contributed by atoms with Crippen molar-refractivity contribution in [3.63, 3.8) is 0 Å². The molecule has 0 radical (unpaired) electrons. The molecule has 4 aromatic rings. The largest absolute Gasteiger partial charge is 0.493 e. The highest BCUT2D eigenvalue weighted by atomic mass is 32.2. The maximum Gasteiger partial charge on any atom is 0.243 e. The van der Waals surface area contributed by atoms with E-state index in [0.717, 1.165) is 27.9 Å². The average Bonchev–Trinajstić information content (AvgIpc) is 3.20. The highest BCUT2D eigenvalue weighted by Crippen LogP contribution is 2.41. The van der Waals surface area contributed by atoms with Crippen molar-refractivity contribution in [2.75, 3.05) is 31.6 Å². The van der Waals surface area contributed by atoms with Crippen LogP contribution >= 0.6 is 12.2 Å². The molecule has 1 aliphatic heterocycles. The Balaban J connectivity index is 1.54. The van der Waals surface area contributed by atoms with E-state index in [4.69, 9.17) is 17.0 Å². The van der Waals surface area contributed by atoms with E-state index in [1.807, 2.05) is 63.2 Å². The third-order valence-electron chi connectivity index (χ3n) is 7.05. The van der Waals surface area contributed by atoms with Gasteiger partial charge in [-0.05, 0) is 80.0 Å². The minimum absolute atomic E-state index is 0.110. The number of nitrogens with zero attached hydrogens (tertiary/aromatic N) is 4. The molecule has 2 N–H and O–H groups in total. The zero-order valence-electron chi connectivity index (χ0n) is 22.6. The Labute approximate surface area is 239 Å². The number of ether oxygens (including phenoxy) is 1. The van der Waals surface area contributed by atoms with Crippen LogP contribution in [-0.4, -0.2) is 53.8 Å². The molecule has 0 bridgehead atoms. The first kappa shape index (κ1) is 27.9. The smallest absolute Gasteiger partial charge is 0.243 e. The number of rotatable bonds is 6. The molecule has 0 atom stereocenters. The lowest BCUT2D eigenvalue weighted by Crippen LogP contribution is -2.40. The molecule has 1 fully saturated rings. The first-order valence-corrected chi connectivity index (χ1v) is 14.8. The summed E-state index contributed by atoms with van der Waals surface area (Å²) in [6.45, 7) is 7.67. The van der Waals surface area contributed by atoms with Crippen LogP contribution in [0.5, 0.6) is 5.88 Å². The Hall–Kier alpha value is -3.64. The Morgan fingerprint density at radius 1 is 1.00 bits per heavy atom. The Bertz CT molecular complexity index is 1710. The minimum atomic E-state index is -3.77. The fraction of sp³-hybridized carbons (Fsp3) is 0.276. The normalized spacial score (nSPS) is 14.7. The Morgan fingerprint density at radius 2 is 1.73 bits per heavy atom. The topological polar surface area (TPSA) is 109 Å². The van der Waals surface area contributed by atoms with Gasteiger partial charge in [0.15, 0.2) is 5.69 Å². The van der Waals surface area contributed by atoms with Crippen molar-refractivity contribution in [1.82, 2.24) is 8.87 Å². The number of benzene rings is 3. The molecule has 40 heavy (non-hydrogen) atoms. The lowest BCUT2D eigenvalue weighted by atomic mass is 10.1. The summed E-state index contributed by atoms with van der Waals surface area (Å²) in [7, 11) is -3.77. The maximum absolute atomic E-state index is 13.4. The van der Waals surface area contributed by atoms with Crippen LogP contribution < -0.4 is 5.32 Å². The van der Waals surface area contributed by atoms with Gasteiger partial charge in [-0.15, -0.1) is 10.2 Å². The molecule has 1 aromatic heterocycles. The van der Waals surface area contributed by atoms with E-state index in [1.54, 1.807) is 22.8 Å². The predicted octanol–water partition coefficient (Wildman–Crippen LogP) is 5.82. The van der Waals surface area contributed by atoms with Crippen LogP contribution in [0.1, 0.15) is 22.3 Å². The number of fused-ring (bicyclic) bond motifs is 1. The number of sulfonamides is 1. The second-order valence-electron chi connectivity index (χ2n) is 9.87. The highest BCUT2D eigenvalue weighted by molar-refractivity contribution is 7.89. The molecule has 0 saturated carbocycles. The lowest BCUT2D eigenvalue weighted by molar-refractivity contribution is 0.0730. The summed E-state index contributed by atoms with van der Waals surface area (Å²) in [6, 6.07) is 18.6. The van der Waals surface area contributed by atoms with E-state index < -0.39 is 10.0 Å². The van der Waals surface area contributed by atoms with Crippen molar-refractivity contribution in [1.29, 1.82) is 0 Å². The van der Waals surface area contributed by atoms with E-state index in [1.165, 1.54) is 4.31 Å². The van der Waals surface area contributed by atoms with Crippen LogP contribution in [0.25, 0.3) is 10.9 Å². The molecule has 5 rings (SSSR count). The van der Waals surface area contributed by atoms with Crippen LogP contribution in [0.4, 0.5) is 11.4 Å². The van der Waals surface area contributed by atoms with Gasteiger partial charge in [0.1, 0.15) is 0 Å². The zero-order chi connectivity index (χ0) is 28.4. The van der Waals surface area contributed by atoms with E-state index in [9.17, 15) is 13.5 Å². The molecule has 3 aromatic carbocycles. The number of anilines is 1. The summed E-state index contributed by atoms with van der Waals surface area (Å²) in [5.41, 5.74) is 5.91. The van der Waals surface area contributed by atoms with Crippen LogP contribution in [0, 0.1) is 20.8 Å². The van der Waals surface area contributed by atoms with Crippen LogP contribution in [-0.2, 0) is 21.3 Å². The number of thiocarbonyl (C=S) groups is 1. The molecule has 0 amide bonds. The van der Waals surface area contributed by atoms with E-state index in [0.29, 0.717) is 30.7 Å². The van der Waals surface area contributed by atoms with Gasteiger partial charge in [-0.1, -0.05) is 35.9 Å². The number of hydrogen-bond acceptors (Lipinski definition) is 6. The second kappa shape index (κ2) is 11.5. The molecule has 2 heterocycles. The van der Waals surface area contributed by atoms with Gasteiger partial charge in [0.05, 0.1) is 30.2 Å². The Kier molecular flexibility index (Phi) is 7.99. The summed E-state index contributed by atoms with van der Waals surface area (Å²) in [5.74, 6) is -0.130. The zero-order valence-corrected chi connectivity index (χ0v) is 24.2. The third kappa shape index (κ3) is 5.78. The SMILES string of the molecule is Cc1ccc(Cn2c(O)c(N=NC(=S)Nc3ccc(C)c(C)c3)c3cc(S(=O)(=O)N4CCOCC4)ccc32)cc1. The fourth-order valence-electron chi connectivity index (χ4n) is 4.60. The van der Waals surface area contributed by atoms with Gasteiger partial charge in [-0.25, -0.2) is 8.42 Å². The van der Waals surface area contributed by atoms with Crippen molar-refractivity contribution < 1.29 is 18.3 Å². The molecular weight excluding hydrogens is 546 g/mol. The summed E-state index contributed by atoms with van der Waals surface area (Å²) in [4.78, 5) is 0.113. The third-order valence-corrected chi connectivity index (χ3v) is 9.13. The van der Waals surface area contributed by atoms with E-state index in [-0.39, 0.29) is 34.7 Å². The van der Waals surface area contributed by atoms with Crippen molar-refractivity contribution in [3.8, 4) is 5.88 Å². The number of aromatic hydroxyl groups is 1. The molecule has 9 nitrogen and oxygen atoms in total. The highest BCUT2D eigenvalue weighted by Gasteiger charge is 2.28. The van der Waals surface area contributed by atoms with Gasteiger partial charge in [-0.3, -0.25) is 0 Å². The van der Waals surface area contributed by atoms with E-state index >= 15 is 0 Å². The predicted molar refractivity (Wildman–Crippen MR) is 160 cm³/mol. The lowest BCUT2D eigenvalue weighted by Gasteiger charge is -2.26. The number of morpholine rings is 1. The van der Waals surface area contributed by atoms with Crippen LogP contribution in [0.3, 0.4) is 0 Å². The number of azo groups is 1. The second-order valence-corrected chi connectivity index (χ2v) is 12.2. The molecule has 1 aliphatic rings. The molecule has 0 unspecified atom stereocenters. The maximum atomic E-state index is 13.4. The first-order chi connectivity index (χ1) is 19.1. The standard InChI is InChI=1S/C29H31N5O4S2/c1-19-4-7-22(8-5-19)18-34-26-11-10-24(40(36,37)33-12-14-38-15-13-33)17-25(26)27(28(34)35)31-32-29(39)30-23-9-6-20(2)21(3)16-23/h4-11,16-17,35H,12-15,18H2,1-3H3,(H,30,39). The molecule has 0 aliphatic carbocycles. The van der Waals surface area contributed by atoms with Gasteiger partial charge in [0.25, 0.3) is 0 Å². The molecule has 0 spiro atoms. The van der Waals surface area contributed by atoms with Crippen molar-refractivity contribution in [3.05, 3.63) is 82.9 Å². The van der Waals surface area contributed by atoms with Crippen LogP contribution in [0.2, 0.25) is 0 Å². The summed E-state index contributed by atoms with van der Waals surface area (Å²) < 4.78 is 35.2. The van der Waals surface area contributed by atoms with Gasteiger partial charge in [0, 0.05) is 24.2 Å². The average molecular weight is 578 g/mol. The van der Waals surface area contributed by atoms with Gasteiger partial charge < -0.3 is 19.7 Å². The molecule has 11 heteroatoms. The number of aromatic nitrogens is 1. The summed E-state index contributed by atoms with van der Waals surface area (Å²) >= 11 is 5.40.